The number of anilines is 1. The van der Waals surface area contributed by atoms with Crippen molar-refractivity contribution in [3.63, 3.8) is 0 Å². The first-order chi connectivity index (χ1) is 8.52. The van der Waals surface area contributed by atoms with Crippen LogP contribution < -0.4 is 4.90 Å². The number of likely N-dealkylation sites (N-methyl/N-ethyl adjacent to an activating group) is 1. The van der Waals surface area contributed by atoms with Gasteiger partial charge in [0.2, 0.25) is 0 Å². The first kappa shape index (κ1) is 13.8. The van der Waals surface area contributed by atoms with E-state index in [-0.39, 0.29) is 6.61 Å². The van der Waals surface area contributed by atoms with E-state index < -0.39 is 0 Å². The maximum atomic E-state index is 9.13. The number of aliphatic hydroxyl groups excluding tert-OH is 1. The molecule has 2 atom stereocenters. The predicted molar refractivity (Wildman–Crippen MR) is 78.9 cm³/mol. The summed E-state index contributed by atoms with van der Waals surface area (Å²) in [6, 6.07) is 6.70. The quantitative estimate of drug-likeness (QED) is 0.928. The van der Waals surface area contributed by atoms with Gasteiger partial charge in [-0.3, -0.25) is 0 Å². The van der Waals surface area contributed by atoms with Gasteiger partial charge in [0.05, 0.1) is 12.3 Å². The molecule has 0 radical (unpaired) electrons. The van der Waals surface area contributed by atoms with Crippen LogP contribution >= 0.6 is 15.9 Å². The third-order valence-electron chi connectivity index (χ3n) is 3.77. The summed E-state index contributed by atoms with van der Waals surface area (Å²) in [5, 5.41) is 9.13. The van der Waals surface area contributed by atoms with Crippen LogP contribution in [0.1, 0.15) is 12.5 Å². The molecule has 1 saturated heterocycles. The van der Waals surface area contributed by atoms with Crippen LogP contribution in [0.4, 0.5) is 5.69 Å². The van der Waals surface area contributed by atoms with E-state index in [9.17, 15) is 0 Å². The summed E-state index contributed by atoms with van der Waals surface area (Å²) in [6.45, 7) is 4.54. The van der Waals surface area contributed by atoms with E-state index in [2.05, 4.69) is 52.8 Å². The number of aliphatic hydroxyl groups is 1. The normalized spacial score (nSPS) is 24.0. The molecule has 0 aromatic heterocycles. The fourth-order valence-electron chi connectivity index (χ4n) is 2.72. The summed E-state index contributed by atoms with van der Waals surface area (Å²) in [5.74, 6) is 0.671. The monoisotopic (exact) mass is 312 g/mol. The lowest BCUT2D eigenvalue weighted by Crippen LogP contribution is -2.34. The van der Waals surface area contributed by atoms with E-state index >= 15 is 0 Å². The highest BCUT2D eigenvalue weighted by molar-refractivity contribution is 9.10. The zero-order chi connectivity index (χ0) is 13.3. The van der Waals surface area contributed by atoms with Gasteiger partial charge in [-0.05, 0) is 53.6 Å². The number of nitrogens with zero attached hydrogens (tertiary/aromatic N) is 2. The van der Waals surface area contributed by atoms with Gasteiger partial charge in [-0.25, -0.2) is 0 Å². The molecule has 1 aromatic rings. The summed E-state index contributed by atoms with van der Waals surface area (Å²) in [4.78, 5) is 4.72. The van der Waals surface area contributed by atoms with Crippen molar-refractivity contribution in [3.8, 4) is 0 Å². The molecule has 1 heterocycles. The van der Waals surface area contributed by atoms with Gasteiger partial charge < -0.3 is 14.9 Å². The Balaban J connectivity index is 2.18. The highest BCUT2D eigenvalue weighted by atomic mass is 79.9. The Kier molecular flexibility index (Phi) is 4.30. The second-order valence-electron chi connectivity index (χ2n) is 5.36. The number of rotatable bonds is 3. The zero-order valence-electron chi connectivity index (χ0n) is 11.2. The topological polar surface area (TPSA) is 26.7 Å². The van der Waals surface area contributed by atoms with Crippen molar-refractivity contribution in [2.45, 2.75) is 19.6 Å². The Hall–Kier alpha value is -0.580. The lowest BCUT2D eigenvalue weighted by molar-refractivity contribution is 0.266. The van der Waals surface area contributed by atoms with Crippen LogP contribution in [-0.2, 0) is 6.61 Å². The zero-order valence-corrected chi connectivity index (χ0v) is 12.8. The van der Waals surface area contributed by atoms with Gasteiger partial charge in [-0.1, -0.05) is 13.0 Å². The van der Waals surface area contributed by atoms with Crippen LogP contribution in [0.15, 0.2) is 22.7 Å². The molecule has 0 amide bonds. The fourth-order valence-corrected chi connectivity index (χ4v) is 3.40. The number of halogens is 1. The van der Waals surface area contributed by atoms with Crippen LogP contribution in [-0.4, -0.2) is 43.2 Å². The molecular formula is C14H21BrN2O. The first-order valence-electron chi connectivity index (χ1n) is 6.33. The smallest absolute Gasteiger partial charge is 0.0682 e. The number of benzene rings is 1. The Morgan fingerprint density at radius 2 is 2.11 bits per heavy atom. The van der Waals surface area contributed by atoms with Crippen molar-refractivity contribution in [2.75, 3.05) is 32.1 Å². The summed E-state index contributed by atoms with van der Waals surface area (Å²) in [6.07, 6.45) is 0. The molecule has 4 heteroatoms. The van der Waals surface area contributed by atoms with Crippen molar-refractivity contribution in [2.24, 2.45) is 5.92 Å². The lowest BCUT2D eigenvalue weighted by atomic mass is 10.1. The summed E-state index contributed by atoms with van der Waals surface area (Å²) >= 11 is 3.61. The van der Waals surface area contributed by atoms with Crippen LogP contribution in [0.25, 0.3) is 0 Å². The van der Waals surface area contributed by atoms with Gasteiger partial charge in [0.25, 0.3) is 0 Å². The molecule has 1 aliphatic rings. The summed E-state index contributed by atoms with van der Waals surface area (Å²) < 4.78 is 1.07. The molecule has 0 aliphatic carbocycles. The van der Waals surface area contributed by atoms with Crippen molar-refractivity contribution in [1.82, 2.24) is 4.90 Å². The highest BCUT2D eigenvalue weighted by Crippen LogP contribution is 2.32. The van der Waals surface area contributed by atoms with Crippen molar-refractivity contribution in [3.05, 3.63) is 28.2 Å². The van der Waals surface area contributed by atoms with E-state index in [0.29, 0.717) is 12.0 Å². The van der Waals surface area contributed by atoms with Gasteiger partial charge >= 0.3 is 0 Å². The minimum atomic E-state index is 0.0929. The van der Waals surface area contributed by atoms with E-state index in [1.54, 1.807) is 0 Å². The largest absolute Gasteiger partial charge is 0.392 e. The first-order valence-corrected chi connectivity index (χ1v) is 7.13. The van der Waals surface area contributed by atoms with Gasteiger partial charge in [0.15, 0.2) is 0 Å². The average molecular weight is 313 g/mol. The van der Waals surface area contributed by atoms with Crippen LogP contribution in [0, 0.1) is 5.92 Å². The number of hydrogen-bond donors (Lipinski definition) is 1. The lowest BCUT2D eigenvalue weighted by Gasteiger charge is -2.23. The Morgan fingerprint density at radius 1 is 1.39 bits per heavy atom. The molecule has 2 unspecified atom stereocenters. The van der Waals surface area contributed by atoms with Crippen molar-refractivity contribution in [1.29, 1.82) is 0 Å². The highest BCUT2D eigenvalue weighted by Gasteiger charge is 2.31. The molecule has 2 rings (SSSR count). The maximum absolute atomic E-state index is 9.13. The Labute approximate surface area is 118 Å². The Bertz CT molecular complexity index is 422. The van der Waals surface area contributed by atoms with Crippen LogP contribution in [0.3, 0.4) is 0 Å². The second-order valence-corrected chi connectivity index (χ2v) is 6.21. The summed E-state index contributed by atoms with van der Waals surface area (Å²) in [5.41, 5.74) is 2.17. The molecule has 1 N–H and O–H groups in total. The predicted octanol–water partition coefficient (Wildman–Crippen LogP) is 2.33. The van der Waals surface area contributed by atoms with Gasteiger partial charge in [-0.2, -0.15) is 0 Å². The molecule has 1 aliphatic heterocycles. The van der Waals surface area contributed by atoms with E-state index in [1.165, 1.54) is 5.69 Å². The Morgan fingerprint density at radius 3 is 2.61 bits per heavy atom. The second kappa shape index (κ2) is 5.59. The van der Waals surface area contributed by atoms with E-state index in [1.807, 2.05) is 12.1 Å². The fraction of sp³-hybridized carbons (Fsp3) is 0.571. The van der Waals surface area contributed by atoms with Gasteiger partial charge in [-0.15, -0.1) is 0 Å². The molecule has 0 saturated carbocycles. The molecule has 1 fully saturated rings. The molecule has 3 nitrogen and oxygen atoms in total. The molecule has 18 heavy (non-hydrogen) atoms. The minimum Gasteiger partial charge on any atom is -0.392 e. The summed E-state index contributed by atoms with van der Waals surface area (Å²) in [7, 11) is 4.29. The van der Waals surface area contributed by atoms with E-state index in [4.69, 9.17) is 5.11 Å². The van der Waals surface area contributed by atoms with E-state index in [0.717, 1.165) is 23.1 Å². The third-order valence-corrected chi connectivity index (χ3v) is 4.41. The molecule has 0 spiro atoms. The molecule has 0 bridgehead atoms. The van der Waals surface area contributed by atoms with Crippen molar-refractivity contribution >= 4 is 21.6 Å². The molecular weight excluding hydrogens is 292 g/mol. The molecule has 100 valence electrons. The SMILES string of the molecule is CC1CN(c2ccc(CO)cc2Br)CC1N(C)C. The number of hydrogen-bond acceptors (Lipinski definition) is 3. The standard InChI is InChI=1S/C14H21BrN2O/c1-10-7-17(8-14(10)16(2)3)13-5-4-11(9-18)6-12(13)15/h4-6,10,14,18H,7-9H2,1-3H3. The van der Waals surface area contributed by atoms with Crippen LogP contribution in [0.5, 0.6) is 0 Å². The minimum absolute atomic E-state index is 0.0929. The van der Waals surface area contributed by atoms with Gasteiger partial charge in [0, 0.05) is 23.6 Å². The van der Waals surface area contributed by atoms with Crippen molar-refractivity contribution < 1.29 is 5.11 Å². The van der Waals surface area contributed by atoms with Crippen LogP contribution in [0.2, 0.25) is 0 Å². The molecule has 1 aromatic carbocycles. The average Bonchev–Trinajstić information content (AvgIpc) is 2.71. The maximum Gasteiger partial charge on any atom is 0.0682 e. The van der Waals surface area contributed by atoms with Gasteiger partial charge in [0.1, 0.15) is 0 Å². The third kappa shape index (κ3) is 2.71.